The molecular formula is C22H34O5. The van der Waals surface area contributed by atoms with Crippen LogP contribution in [0.2, 0.25) is 0 Å². The number of rotatable bonds is 3. The standard InChI is InChI=1S/C22H34O5/c1-13(25)27-19-6-7-20(2)16-5-4-14-9-22(16,10-15(14)11-23)18(26)8-17(20)21(19,3)12-24/h10,14,16-19,23-24,26H,4-9,11-12H2,1-3H3/t14-,16?,17?,18+,19-,20+,21-,22-/m1/s1. The van der Waals surface area contributed by atoms with E-state index in [1.54, 1.807) is 0 Å². The molecule has 0 heterocycles. The average Bonchev–Trinajstić information content (AvgIpc) is 2.92. The Bertz CT molecular complexity index is 659. The van der Waals surface area contributed by atoms with Crippen LogP contribution < -0.4 is 0 Å². The normalized spacial score (nSPS) is 51.2. The molecule has 4 aliphatic rings. The fourth-order valence-electron chi connectivity index (χ4n) is 7.76. The largest absolute Gasteiger partial charge is 0.462 e. The number of hydrogen-bond donors (Lipinski definition) is 3. The van der Waals surface area contributed by atoms with Crippen LogP contribution in [0.25, 0.3) is 0 Å². The van der Waals surface area contributed by atoms with Crippen LogP contribution in [0.15, 0.2) is 11.6 Å². The second-order valence-electron chi connectivity index (χ2n) is 10.1. The molecule has 0 saturated heterocycles. The van der Waals surface area contributed by atoms with Crippen molar-refractivity contribution in [2.24, 2.45) is 34.0 Å². The quantitative estimate of drug-likeness (QED) is 0.519. The zero-order valence-corrected chi connectivity index (χ0v) is 16.8. The first kappa shape index (κ1) is 19.4. The maximum absolute atomic E-state index is 11.6. The van der Waals surface area contributed by atoms with E-state index in [-0.39, 0.29) is 42.0 Å². The minimum atomic E-state index is -0.541. The molecule has 2 unspecified atom stereocenters. The van der Waals surface area contributed by atoms with Crippen LogP contribution in [0.3, 0.4) is 0 Å². The fraction of sp³-hybridized carbons (Fsp3) is 0.864. The van der Waals surface area contributed by atoms with Gasteiger partial charge in [0, 0.05) is 17.8 Å². The van der Waals surface area contributed by atoms with Crippen molar-refractivity contribution < 1.29 is 24.9 Å². The summed E-state index contributed by atoms with van der Waals surface area (Å²) in [4.78, 5) is 11.6. The second-order valence-corrected chi connectivity index (χ2v) is 10.1. The number of aliphatic hydroxyl groups is 3. The number of carbonyl (C=O) groups excluding carboxylic acids is 1. The third-order valence-electron chi connectivity index (χ3n) is 9.01. The van der Waals surface area contributed by atoms with Gasteiger partial charge in [-0.3, -0.25) is 4.79 Å². The Balaban J connectivity index is 1.74. The minimum Gasteiger partial charge on any atom is -0.462 e. The van der Waals surface area contributed by atoms with Gasteiger partial charge >= 0.3 is 5.97 Å². The molecule has 0 aliphatic heterocycles. The summed E-state index contributed by atoms with van der Waals surface area (Å²) in [7, 11) is 0. The first-order valence-electron chi connectivity index (χ1n) is 10.5. The highest BCUT2D eigenvalue weighted by Crippen LogP contribution is 2.70. The Morgan fingerprint density at radius 3 is 2.59 bits per heavy atom. The van der Waals surface area contributed by atoms with Crippen molar-refractivity contribution in [3.8, 4) is 0 Å². The molecule has 0 aromatic carbocycles. The molecule has 27 heavy (non-hydrogen) atoms. The topological polar surface area (TPSA) is 87.0 Å². The molecule has 3 saturated carbocycles. The highest BCUT2D eigenvalue weighted by Gasteiger charge is 2.67. The van der Waals surface area contributed by atoms with E-state index in [9.17, 15) is 20.1 Å². The van der Waals surface area contributed by atoms with Gasteiger partial charge in [0.1, 0.15) is 6.10 Å². The number of hydrogen-bond acceptors (Lipinski definition) is 5. The summed E-state index contributed by atoms with van der Waals surface area (Å²) in [6.07, 6.45) is 6.81. The summed E-state index contributed by atoms with van der Waals surface area (Å²) in [5.74, 6) is 0.538. The van der Waals surface area contributed by atoms with Crippen molar-refractivity contribution in [2.75, 3.05) is 13.2 Å². The summed E-state index contributed by atoms with van der Waals surface area (Å²) >= 11 is 0. The summed E-state index contributed by atoms with van der Waals surface area (Å²) in [5, 5.41) is 31.5. The van der Waals surface area contributed by atoms with Gasteiger partial charge in [0.2, 0.25) is 0 Å². The van der Waals surface area contributed by atoms with E-state index in [4.69, 9.17) is 4.74 Å². The van der Waals surface area contributed by atoms with Crippen LogP contribution >= 0.6 is 0 Å². The third kappa shape index (κ3) is 2.50. The number of fused-ring (bicyclic) bond motifs is 3. The Morgan fingerprint density at radius 1 is 1.22 bits per heavy atom. The molecule has 0 aromatic rings. The van der Waals surface area contributed by atoms with Gasteiger partial charge in [0.05, 0.1) is 19.3 Å². The predicted octanol–water partition coefficient (Wildman–Crippen LogP) is 2.43. The molecule has 2 bridgehead atoms. The van der Waals surface area contributed by atoms with Crippen LogP contribution in [0, 0.1) is 34.0 Å². The van der Waals surface area contributed by atoms with Gasteiger partial charge < -0.3 is 20.1 Å². The van der Waals surface area contributed by atoms with Crippen LogP contribution in [0.4, 0.5) is 0 Å². The number of aliphatic hydroxyl groups excluding tert-OH is 3. The highest BCUT2D eigenvalue weighted by molar-refractivity contribution is 5.66. The van der Waals surface area contributed by atoms with Crippen molar-refractivity contribution in [3.63, 3.8) is 0 Å². The van der Waals surface area contributed by atoms with E-state index >= 15 is 0 Å². The molecule has 3 fully saturated rings. The zero-order valence-electron chi connectivity index (χ0n) is 16.8. The van der Waals surface area contributed by atoms with E-state index in [1.165, 1.54) is 6.92 Å². The predicted molar refractivity (Wildman–Crippen MR) is 101 cm³/mol. The SMILES string of the molecule is CC(=O)O[C@@H]1CC[C@@]2(C)C3CC[C@@H]4C[C@]3(C=C4CO)[C@@H](O)CC2[C@@]1(C)CO. The van der Waals surface area contributed by atoms with Gasteiger partial charge in [-0.1, -0.05) is 19.9 Å². The molecule has 4 rings (SSSR count). The lowest BCUT2D eigenvalue weighted by Gasteiger charge is -2.66. The Hall–Kier alpha value is -0.910. The molecule has 5 heteroatoms. The summed E-state index contributed by atoms with van der Waals surface area (Å²) in [5.41, 5.74) is 0.314. The van der Waals surface area contributed by atoms with Gasteiger partial charge in [0.15, 0.2) is 0 Å². The molecule has 8 atom stereocenters. The summed E-state index contributed by atoms with van der Waals surface area (Å²) in [6, 6.07) is 0. The third-order valence-corrected chi connectivity index (χ3v) is 9.01. The van der Waals surface area contributed by atoms with Gasteiger partial charge in [-0.05, 0) is 67.3 Å². The van der Waals surface area contributed by atoms with Crippen molar-refractivity contribution in [2.45, 2.75) is 71.5 Å². The molecule has 0 radical (unpaired) electrons. The Kier molecular flexibility index (Phi) is 4.53. The molecule has 152 valence electrons. The van der Waals surface area contributed by atoms with Crippen LogP contribution in [0.1, 0.15) is 59.3 Å². The smallest absolute Gasteiger partial charge is 0.302 e. The van der Waals surface area contributed by atoms with Crippen LogP contribution in [-0.4, -0.2) is 46.7 Å². The first-order valence-corrected chi connectivity index (χ1v) is 10.5. The molecule has 0 amide bonds. The van der Waals surface area contributed by atoms with E-state index in [2.05, 4.69) is 13.0 Å². The monoisotopic (exact) mass is 378 g/mol. The van der Waals surface area contributed by atoms with Gasteiger partial charge in [0.25, 0.3) is 0 Å². The maximum Gasteiger partial charge on any atom is 0.302 e. The van der Waals surface area contributed by atoms with Crippen molar-refractivity contribution in [3.05, 3.63) is 11.6 Å². The minimum absolute atomic E-state index is 0.0142. The van der Waals surface area contributed by atoms with Crippen LogP contribution in [0.5, 0.6) is 0 Å². The molecule has 1 spiro atoms. The highest BCUT2D eigenvalue weighted by atomic mass is 16.5. The molecular weight excluding hydrogens is 344 g/mol. The lowest BCUT2D eigenvalue weighted by atomic mass is 9.40. The van der Waals surface area contributed by atoms with Crippen LogP contribution in [-0.2, 0) is 9.53 Å². The summed E-state index contributed by atoms with van der Waals surface area (Å²) in [6.45, 7) is 5.84. The zero-order chi connectivity index (χ0) is 19.6. The van der Waals surface area contributed by atoms with Crippen molar-refractivity contribution in [1.29, 1.82) is 0 Å². The molecule has 3 N–H and O–H groups in total. The second kappa shape index (κ2) is 6.30. The number of carbonyl (C=O) groups is 1. The molecule has 4 aliphatic carbocycles. The van der Waals surface area contributed by atoms with Gasteiger partial charge in [-0.25, -0.2) is 0 Å². The Morgan fingerprint density at radius 2 is 1.96 bits per heavy atom. The van der Waals surface area contributed by atoms with E-state index in [0.717, 1.165) is 37.7 Å². The van der Waals surface area contributed by atoms with Gasteiger partial charge in [-0.15, -0.1) is 0 Å². The number of esters is 1. The van der Waals surface area contributed by atoms with E-state index in [0.29, 0.717) is 18.3 Å². The lowest BCUT2D eigenvalue weighted by molar-refractivity contribution is -0.228. The van der Waals surface area contributed by atoms with E-state index < -0.39 is 11.5 Å². The van der Waals surface area contributed by atoms with Gasteiger partial charge in [-0.2, -0.15) is 0 Å². The fourth-order valence-corrected chi connectivity index (χ4v) is 7.76. The van der Waals surface area contributed by atoms with Crippen molar-refractivity contribution in [1.82, 2.24) is 0 Å². The maximum atomic E-state index is 11.6. The lowest BCUT2D eigenvalue weighted by Crippen LogP contribution is -2.65. The summed E-state index contributed by atoms with van der Waals surface area (Å²) < 4.78 is 5.63. The number of ether oxygens (including phenoxy) is 1. The first-order chi connectivity index (χ1) is 12.7. The van der Waals surface area contributed by atoms with Crippen molar-refractivity contribution >= 4 is 5.97 Å². The Labute approximate surface area is 161 Å². The average molecular weight is 379 g/mol. The molecule has 5 nitrogen and oxygen atoms in total. The molecule has 0 aromatic heterocycles. The van der Waals surface area contributed by atoms with E-state index in [1.807, 2.05) is 6.92 Å².